The maximum absolute atomic E-state index is 12.1. The van der Waals surface area contributed by atoms with Crippen molar-refractivity contribution in [2.45, 2.75) is 13.3 Å². The number of carbonyl (C=O) groups is 3. The lowest BCUT2D eigenvalue weighted by atomic mass is 10.2. The molecule has 2 aromatic rings. The number of ether oxygens (including phenoxy) is 1. The molecule has 1 heterocycles. The molecule has 0 aliphatic heterocycles. The Morgan fingerprint density at radius 2 is 2.11 bits per heavy atom. The molecule has 0 radical (unpaired) electrons. The van der Waals surface area contributed by atoms with Crippen LogP contribution in [0.4, 0.5) is 0 Å². The molecule has 144 valence electrons. The molecule has 0 atom stereocenters. The topological polar surface area (TPSA) is 88.6 Å². The van der Waals surface area contributed by atoms with Crippen molar-refractivity contribution in [2.24, 2.45) is 0 Å². The van der Waals surface area contributed by atoms with E-state index in [1.54, 1.807) is 23.6 Å². The van der Waals surface area contributed by atoms with E-state index in [1.165, 1.54) is 23.3 Å². The van der Waals surface area contributed by atoms with Gasteiger partial charge in [-0.25, -0.2) is 9.78 Å². The minimum absolute atomic E-state index is 0.0913. The zero-order valence-corrected chi connectivity index (χ0v) is 16.6. The molecule has 0 bridgehead atoms. The zero-order valence-electron chi connectivity index (χ0n) is 15.0. The third-order valence-electron chi connectivity index (χ3n) is 3.49. The normalized spacial score (nSPS) is 10.3. The standard InChI is InChI=1S/C18H20ClN3O4S/c1-3-7-20-15(23)9-22(2)16(24)10-26-18(25)14-11-27-17(21-14)12-5-4-6-13(19)8-12/h4-6,8,11H,3,7,9-10H2,1-2H3,(H,20,23). The molecule has 0 saturated carbocycles. The van der Waals surface area contributed by atoms with E-state index in [0.29, 0.717) is 16.6 Å². The van der Waals surface area contributed by atoms with E-state index >= 15 is 0 Å². The van der Waals surface area contributed by atoms with Crippen LogP contribution in [-0.4, -0.2) is 54.4 Å². The fourth-order valence-electron chi connectivity index (χ4n) is 2.06. The van der Waals surface area contributed by atoms with Gasteiger partial charge in [0.2, 0.25) is 5.91 Å². The number of hydrogen-bond acceptors (Lipinski definition) is 6. The van der Waals surface area contributed by atoms with Crippen LogP contribution in [0.5, 0.6) is 0 Å². The van der Waals surface area contributed by atoms with Crippen LogP contribution < -0.4 is 5.32 Å². The molecule has 0 aliphatic rings. The van der Waals surface area contributed by atoms with Crippen molar-refractivity contribution >= 4 is 40.7 Å². The van der Waals surface area contributed by atoms with Crippen molar-refractivity contribution in [1.82, 2.24) is 15.2 Å². The first kappa shape index (κ1) is 20.9. The summed E-state index contributed by atoms with van der Waals surface area (Å²) < 4.78 is 5.00. The highest BCUT2D eigenvalue weighted by Crippen LogP contribution is 2.26. The molecule has 0 fully saturated rings. The third kappa shape index (κ3) is 6.33. The predicted octanol–water partition coefficient (Wildman–Crippen LogP) is 2.60. The summed E-state index contributed by atoms with van der Waals surface area (Å²) in [6.07, 6.45) is 0.811. The molecular weight excluding hydrogens is 390 g/mol. The number of esters is 1. The van der Waals surface area contributed by atoms with Gasteiger partial charge in [-0.15, -0.1) is 11.3 Å². The first-order valence-corrected chi connectivity index (χ1v) is 9.55. The molecule has 1 aromatic carbocycles. The molecule has 9 heteroatoms. The van der Waals surface area contributed by atoms with E-state index in [9.17, 15) is 14.4 Å². The number of amides is 2. The van der Waals surface area contributed by atoms with Crippen LogP contribution in [0.1, 0.15) is 23.8 Å². The summed E-state index contributed by atoms with van der Waals surface area (Å²) in [5.74, 6) is -1.43. The number of nitrogens with one attached hydrogen (secondary N) is 1. The lowest BCUT2D eigenvalue weighted by molar-refractivity contribution is -0.137. The van der Waals surface area contributed by atoms with Crippen molar-refractivity contribution in [2.75, 3.05) is 26.7 Å². The number of rotatable bonds is 8. The van der Waals surface area contributed by atoms with Gasteiger partial charge in [-0.2, -0.15) is 0 Å². The third-order valence-corrected chi connectivity index (χ3v) is 4.62. The summed E-state index contributed by atoms with van der Waals surface area (Å²) in [6, 6.07) is 7.13. The molecule has 1 N–H and O–H groups in total. The maximum Gasteiger partial charge on any atom is 0.358 e. The minimum atomic E-state index is -0.697. The van der Waals surface area contributed by atoms with E-state index in [0.717, 1.165) is 12.0 Å². The number of aromatic nitrogens is 1. The van der Waals surface area contributed by atoms with Crippen LogP contribution in [0.15, 0.2) is 29.6 Å². The number of carbonyl (C=O) groups excluding carboxylic acids is 3. The van der Waals surface area contributed by atoms with E-state index in [-0.39, 0.29) is 18.1 Å². The lowest BCUT2D eigenvalue weighted by Gasteiger charge is -2.16. The zero-order chi connectivity index (χ0) is 19.8. The van der Waals surface area contributed by atoms with E-state index < -0.39 is 18.5 Å². The molecule has 27 heavy (non-hydrogen) atoms. The van der Waals surface area contributed by atoms with Gasteiger partial charge in [0.25, 0.3) is 5.91 Å². The van der Waals surface area contributed by atoms with Crippen LogP contribution in [0.3, 0.4) is 0 Å². The Balaban J connectivity index is 1.87. The quantitative estimate of drug-likeness (QED) is 0.677. The number of hydrogen-bond donors (Lipinski definition) is 1. The van der Waals surface area contributed by atoms with E-state index in [2.05, 4.69) is 10.3 Å². The minimum Gasteiger partial charge on any atom is -0.451 e. The van der Waals surface area contributed by atoms with Gasteiger partial charge >= 0.3 is 5.97 Å². The second-order valence-corrected chi connectivity index (χ2v) is 7.02. The molecule has 2 amide bonds. The summed E-state index contributed by atoms with van der Waals surface area (Å²) >= 11 is 7.23. The monoisotopic (exact) mass is 409 g/mol. The van der Waals surface area contributed by atoms with Crippen LogP contribution in [0.2, 0.25) is 5.02 Å². The molecule has 0 aliphatic carbocycles. The summed E-state index contributed by atoms with van der Waals surface area (Å²) in [4.78, 5) is 41.1. The highest BCUT2D eigenvalue weighted by molar-refractivity contribution is 7.13. The maximum atomic E-state index is 12.1. The van der Waals surface area contributed by atoms with Crippen LogP contribution >= 0.6 is 22.9 Å². The summed E-state index contributed by atoms with van der Waals surface area (Å²) in [5.41, 5.74) is 0.909. The number of likely N-dealkylation sites (N-methyl/N-ethyl adjacent to an activating group) is 1. The molecule has 2 rings (SSSR count). The second kappa shape index (κ2) is 10.0. The van der Waals surface area contributed by atoms with Crippen LogP contribution in [0.25, 0.3) is 10.6 Å². The number of benzene rings is 1. The van der Waals surface area contributed by atoms with Gasteiger partial charge in [0.1, 0.15) is 5.01 Å². The Morgan fingerprint density at radius 1 is 1.33 bits per heavy atom. The van der Waals surface area contributed by atoms with Gasteiger partial charge in [-0.05, 0) is 18.6 Å². The van der Waals surface area contributed by atoms with Crippen molar-refractivity contribution in [3.8, 4) is 10.6 Å². The van der Waals surface area contributed by atoms with Gasteiger partial charge in [-0.1, -0.05) is 30.7 Å². The van der Waals surface area contributed by atoms with Crippen molar-refractivity contribution in [3.63, 3.8) is 0 Å². The molecule has 1 aromatic heterocycles. The van der Waals surface area contributed by atoms with Crippen molar-refractivity contribution < 1.29 is 19.1 Å². The Morgan fingerprint density at radius 3 is 2.81 bits per heavy atom. The molecule has 0 unspecified atom stereocenters. The van der Waals surface area contributed by atoms with E-state index in [1.807, 2.05) is 13.0 Å². The van der Waals surface area contributed by atoms with Crippen molar-refractivity contribution in [3.05, 3.63) is 40.4 Å². The SMILES string of the molecule is CCCNC(=O)CN(C)C(=O)COC(=O)c1csc(-c2cccc(Cl)c2)n1. The fraction of sp³-hybridized carbons (Fsp3) is 0.333. The average Bonchev–Trinajstić information content (AvgIpc) is 3.14. The summed E-state index contributed by atoms with van der Waals surface area (Å²) in [5, 5.41) is 5.43. The summed E-state index contributed by atoms with van der Waals surface area (Å²) in [6.45, 7) is 1.94. The molecule has 0 spiro atoms. The number of halogens is 1. The number of thiazole rings is 1. The number of nitrogens with zero attached hydrogens (tertiary/aromatic N) is 2. The van der Waals surface area contributed by atoms with Gasteiger partial charge < -0.3 is 15.0 Å². The Bertz CT molecular complexity index is 824. The van der Waals surface area contributed by atoms with Crippen LogP contribution in [0, 0.1) is 0 Å². The second-order valence-electron chi connectivity index (χ2n) is 5.72. The van der Waals surface area contributed by atoms with E-state index in [4.69, 9.17) is 16.3 Å². The summed E-state index contributed by atoms with van der Waals surface area (Å²) in [7, 11) is 1.47. The largest absolute Gasteiger partial charge is 0.451 e. The Hall–Kier alpha value is -2.45. The molecule has 7 nitrogen and oxygen atoms in total. The lowest BCUT2D eigenvalue weighted by Crippen LogP contribution is -2.40. The van der Waals surface area contributed by atoms with Gasteiger partial charge in [0, 0.05) is 29.6 Å². The van der Waals surface area contributed by atoms with Crippen LogP contribution in [-0.2, 0) is 14.3 Å². The fourth-order valence-corrected chi connectivity index (χ4v) is 3.03. The van der Waals surface area contributed by atoms with Gasteiger partial charge in [0.15, 0.2) is 12.3 Å². The first-order chi connectivity index (χ1) is 12.9. The first-order valence-electron chi connectivity index (χ1n) is 8.30. The Kier molecular flexibility index (Phi) is 7.75. The molecule has 0 saturated heterocycles. The smallest absolute Gasteiger partial charge is 0.358 e. The Labute approximate surface area is 166 Å². The molecular formula is C18H20ClN3O4S. The highest BCUT2D eigenvalue weighted by atomic mass is 35.5. The average molecular weight is 410 g/mol. The van der Waals surface area contributed by atoms with Crippen molar-refractivity contribution in [1.29, 1.82) is 0 Å². The highest BCUT2D eigenvalue weighted by Gasteiger charge is 2.18. The van der Waals surface area contributed by atoms with Gasteiger partial charge in [-0.3, -0.25) is 9.59 Å². The predicted molar refractivity (Wildman–Crippen MR) is 104 cm³/mol. The van der Waals surface area contributed by atoms with Gasteiger partial charge in [0.05, 0.1) is 6.54 Å².